The Kier molecular flexibility index (Phi) is 4.91. The third-order valence-electron chi connectivity index (χ3n) is 2.42. The molecule has 0 atom stereocenters. The first kappa shape index (κ1) is 17.3. The lowest BCUT2D eigenvalue weighted by atomic mass is 10.0. The predicted molar refractivity (Wildman–Crippen MR) is 61.6 cm³/mol. The number of hydrogen-bond donors (Lipinski definition) is 0. The van der Waals surface area contributed by atoms with Crippen LogP contribution < -0.4 is 0 Å². The van der Waals surface area contributed by atoms with Crippen LogP contribution >= 0.6 is 0 Å². The molecule has 0 heterocycles. The average molecular weight is 314 g/mol. The van der Waals surface area contributed by atoms with Crippen LogP contribution in [0.5, 0.6) is 0 Å². The summed E-state index contributed by atoms with van der Waals surface area (Å²) < 4.78 is 80.4. The molecule has 0 amide bonds. The molecule has 0 fully saturated rings. The van der Waals surface area contributed by atoms with Gasteiger partial charge in [-0.05, 0) is 24.1 Å². The topological polar surface area (TPSA) is 26.3 Å². The van der Waals surface area contributed by atoms with Gasteiger partial charge in [-0.15, -0.1) is 0 Å². The minimum Gasteiger partial charge on any atom is -0.462 e. The molecule has 2 nitrogen and oxygen atoms in total. The normalized spacial score (nSPS) is 12.6. The van der Waals surface area contributed by atoms with Crippen molar-refractivity contribution in [3.05, 3.63) is 34.9 Å². The Labute approximate surface area is 116 Å². The Morgan fingerprint density at radius 2 is 1.67 bits per heavy atom. The molecule has 0 spiro atoms. The molecule has 0 aliphatic carbocycles. The van der Waals surface area contributed by atoms with E-state index < -0.39 is 35.0 Å². The van der Waals surface area contributed by atoms with E-state index in [9.17, 15) is 31.1 Å². The van der Waals surface area contributed by atoms with Gasteiger partial charge >= 0.3 is 18.3 Å². The fraction of sp³-hybridized carbons (Fsp3) is 0.462. The van der Waals surface area contributed by atoms with Gasteiger partial charge in [0.25, 0.3) is 0 Å². The van der Waals surface area contributed by atoms with Gasteiger partial charge in [-0.2, -0.15) is 26.3 Å². The zero-order valence-electron chi connectivity index (χ0n) is 11.1. The van der Waals surface area contributed by atoms with Crippen LogP contribution in [-0.4, -0.2) is 12.6 Å². The maximum atomic E-state index is 12.7. The SMILES string of the molecule is CC(C)COC(=O)c1cc(C(F)(F)F)ccc1C(F)(F)F. The van der Waals surface area contributed by atoms with Gasteiger partial charge in [0.1, 0.15) is 0 Å². The van der Waals surface area contributed by atoms with Crippen molar-refractivity contribution >= 4 is 5.97 Å². The summed E-state index contributed by atoms with van der Waals surface area (Å²) in [4.78, 5) is 11.6. The first-order valence-corrected chi connectivity index (χ1v) is 5.88. The van der Waals surface area contributed by atoms with Gasteiger partial charge in [0.2, 0.25) is 0 Å². The molecule has 0 aliphatic rings. The fourth-order valence-corrected chi connectivity index (χ4v) is 1.46. The van der Waals surface area contributed by atoms with Crippen molar-refractivity contribution < 1.29 is 35.9 Å². The number of halogens is 6. The number of carbonyl (C=O) groups excluding carboxylic acids is 1. The first-order valence-electron chi connectivity index (χ1n) is 5.88. The van der Waals surface area contributed by atoms with Crippen molar-refractivity contribution in [3.8, 4) is 0 Å². The van der Waals surface area contributed by atoms with Crippen LogP contribution in [0.25, 0.3) is 0 Å². The van der Waals surface area contributed by atoms with Gasteiger partial charge in [0, 0.05) is 0 Å². The maximum Gasteiger partial charge on any atom is 0.417 e. The molecule has 0 saturated heterocycles. The Morgan fingerprint density at radius 3 is 2.10 bits per heavy atom. The number of esters is 1. The minimum absolute atomic E-state index is 0.158. The second-order valence-electron chi connectivity index (χ2n) is 4.75. The highest BCUT2D eigenvalue weighted by atomic mass is 19.4. The molecule has 0 unspecified atom stereocenters. The molecular weight excluding hydrogens is 302 g/mol. The van der Waals surface area contributed by atoms with Crippen molar-refractivity contribution in [1.29, 1.82) is 0 Å². The van der Waals surface area contributed by atoms with Crippen molar-refractivity contribution in [2.24, 2.45) is 5.92 Å². The minimum atomic E-state index is -4.95. The van der Waals surface area contributed by atoms with Gasteiger partial charge < -0.3 is 4.74 Å². The van der Waals surface area contributed by atoms with Crippen LogP contribution in [0.1, 0.15) is 35.3 Å². The number of hydrogen-bond acceptors (Lipinski definition) is 2. The summed E-state index contributed by atoms with van der Waals surface area (Å²) >= 11 is 0. The molecule has 0 bridgehead atoms. The zero-order valence-corrected chi connectivity index (χ0v) is 11.1. The molecule has 1 aromatic carbocycles. The summed E-state index contributed by atoms with van der Waals surface area (Å²) in [5.41, 5.74) is -3.94. The summed E-state index contributed by atoms with van der Waals surface area (Å²) in [6.45, 7) is 3.10. The zero-order chi connectivity index (χ0) is 16.4. The standard InChI is InChI=1S/C13H12F6O2/c1-7(2)6-21-11(20)9-5-8(12(14,15)16)3-4-10(9)13(17,18)19/h3-5,7H,6H2,1-2H3. The van der Waals surface area contributed by atoms with E-state index in [0.717, 1.165) is 0 Å². The van der Waals surface area contributed by atoms with E-state index in [1.54, 1.807) is 13.8 Å². The maximum absolute atomic E-state index is 12.7. The monoisotopic (exact) mass is 314 g/mol. The number of benzene rings is 1. The smallest absolute Gasteiger partial charge is 0.417 e. The molecule has 1 aromatic rings. The Hall–Kier alpha value is -1.73. The lowest BCUT2D eigenvalue weighted by Gasteiger charge is -2.15. The largest absolute Gasteiger partial charge is 0.462 e. The molecule has 0 N–H and O–H groups in total. The van der Waals surface area contributed by atoms with Crippen molar-refractivity contribution in [2.45, 2.75) is 26.2 Å². The highest BCUT2D eigenvalue weighted by molar-refractivity contribution is 5.91. The van der Waals surface area contributed by atoms with E-state index in [0.29, 0.717) is 0 Å². The average Bonchev–Trinajstić information content (AvgIpc) is 2.33. The second-order valence-corrected chi connectivity index (χ2v) is 4.75. The Bertz CT molecular complexity index is 516. The van der Waals surface area contributed by atoms with Gasteiger partial charge in [-0.25, -0.2) is 4.79 Å². The predicted octanol–water partition coefficient (Wildman–Crippen LogP) is 4.54. The summed E-state index contributed by atoms with van der Waals surface area (Å²) in [5, 5.41) is 0. The first-order chi connectivity index (χ1) is 9.43. The van der Waals surface area contributed by atoms with Crippen LogP contribution in [0.15, 0.2) is 18.2 Å². The van der Waals surface area contributed by atoms with E-state index in [-0.39, 0.29) is 30.7 Å². The summed E-state index contributed by atoms with van der Waals surface area (Å²) in [7, 11) is 0. The summed E-state index contributed by atoms with van der Waals surface area (Å²) in [6.07, 6.45) is -9.80. The van der Waals surface area contributed by atoms with Crippen LogP contribution in [0, 0.1) is 5.92 Å². The summed E-state index contributed by atoms with van der Waals surface area (Å²) in [5.74, 6) is -1.59. The quantitative estimate of drug-likeness (QED) is 0.605. The number of alkyl halides is 6. The van der Waals surface area contributed by atoms with E-state index in [1.165, 1.54) is 0 Å². The highest BCUT2D eigenvalue weighted by Crippen LogP contribution is 2.36. The van der Waals surface area contributed by atoms with E-state index in [2.05, 4.69) is 4.74 Å². The third-order valence-corrected chi connectivity index (χ3v) is 2.42. The van der Waals surface area contributed by atoms with E-state index >= 15 is 0 Å². The van der Waals surface area contributed by atoms with Crippen LogP contribution in [0.2, 0.25) is 0 Å². The molecule has 0 aliphatic heterocycles. The lowest BCUT2D eigenvalue weighted by Crippen LogP contribution is -2.18. The Balaban J connectivity index is 3.26. The van der Waals surface area contributed by atoms with Gasteiger partial charge in [-0.3, -0.25) is 0 Å². The van der Waals surface area contributed by atoms with Gasteiger partial charge in [0.15, 0.2) is 0 Å². The van der Waals surface area contributed by atoms with Crippen LogP contribution in [0.3, 0.4) is 0 Å². The fourth-order valence-electron chi connectivity index (χ4n) is 1.46. The molecule has 0 saturated carbocycles. The Morgan fingerprint density at radius 1 is 1.10 bits per heavy atom. The van der Waals surface area contributed by atoms with Crippen molar-refractivity contribution in [1.82, 2.24) is 0 Å². The van der Waals surface area contributed by atoms with E-state index in [4.69, 9.17) is 0 Å². The van der Waals surface area contributed by atoms with E-state index in [1.807, 2.05) is 0 Å². The molecule has 21 heavy (non-hydrogen) atoms. The highest BCUT2D eigenvalue weighted by Gasteiger charge is 2.39. The third kappa shape index (κ3) is 4.64. The molecule has 118 valence electrons. The van der Waals surface area contributed by atoms with Gasteiger partial charge in [0.05, 0.1) is 23.3 Å². The number of ether oxygens (including phenoxy) is 1. The lowest BCUT2D eigenvalue weighted by molar-refractivity contribution is -0.141. The summed E-state index contributed by atoms with van der Waals surface area (Å²) in [6, 6.07) is 0.669. The molecule has 0 aromatic heterocycles. The van der Waals surface area contributed by atoms with Crippen molar-refractivity contribution in [2.75, 3.05) is 6.61 Å². The molecule has 0 radical (unpaired) electrons. The molecule has 1 rings (SSSR count). The molecule has 8 heteroatoms. The second kappa shape index (κ2) is 5.95. The van der Waals surface area contributed by atoms with Gasteiger partial charge in [-0.1, -0.05) is 13.8 Å². The molecular formula is C13H12F6O2. The van der Waals surface area contributed by atoms with Crippen LogP contribution in [-0.2, 0) is 17.1 Å². The number of carbonyl (C=O) groups is 1. The number of rotatable bonds is 3. The van der Waals surface area contributed by atoms with Crippen LogP contribution in [0.4, 0.5) is 26.3 Å². The van der Waals surface area contributed by atoms with Crippen molar-refractivity contribution in [3.63, 3.8) is 0 Å².